The molecule has 2 fully saturated rings. The summed E-state index contributed by atoms with van der Waals surface area (Å²) in [7, 11) is 1.85. The molecule has 1 saturated heterocycles. The second-order valence-electron chi connectivity index (χ2n) is 8.69. The molecule has 5 nitrogen and oxygen atoms in total. The van der Waals surface area contributed by atoms with Crippen molar-refractivity contribution < 1.29 is 5.11 Å². The van der Waals surface area contributed by atoms with E-state index in [1.165, 1.54) is 11.1 Å². The van der Waals surface area contributed by atoms with Gasteiger partial charge in [-0.2, -0.15) is 11.8 Å². The highest BCUT2D eigenvalue weighted by Gasteiger charge is 2.52. The van der Waals surface area contributed by atoms with Crippen molar-refractivity contribution in [1.82, 2.24) is 9.88 Å². The van der Waals surface area contributed by atoms with Crippen molar-refractivity contribution >= 4 is 23.4 Å². The summed E-state index contributed by atoms with van der Waals surface area (Å²) < 4.78 is -0.287. The summed E-state index contributed by atoms with van der Waals surface area (Å²) in [6.07, 6.45) is 6.44. The number of nitrogens with one attached hydrogen (secondary N) is 1. The molecule has 158 valence electrons. The summed E-state index contributed by atoms with van der Waals surface area (Å²) in [4.78, 5) is 11.1. The predicted molar refractivity (Wildman–Crippen MR) is 126 cm³/mol. The maximum atomic E-state index is 9.79. The van der Waals surface area contributed by atoms with E-state index in [4.69, 9.17) is 10.4 Å². The van der Waals surface area contributed by atoms with Crippen LogP contribution in [0.15, 0.2) is 47.7 Å². The normalized spacial score (nSPS) is 23.9. The van der Waals surface area contributed by atoms with Crippen molar-refractivity contribution in [3.63, 3.8) is 0 Å². The number of thioether (sulfide) groups is 1. The van der Waals surface area contributed by atoms with Gasteiger partial charge in [0.2, 0.25) is 0 Å². The van der Waals surface area contributed by atoms with Gasteiger partial charge in [0.25, 0.3) is 0 Å². The zero-order chi connectivity index (χ0) is 21.4. The molecule has 1 unspecified atom stereocenters. The number of hydrogen-bond donors (Lipinski definition) is 2. The average molecular weight is 423 g/mol. The number of aliphatic hydroxyl groups excluding tert-OH is 1. The molecule has 2 heterocycles. The number of benzene rings is 1. The van der Waals surface area contributed by atoms with Crippen LogP contribution in [0.1, 0.15) is 37.3 Å². The third-order valence-corrected chi connectivity index (χ3v) is 7.62. The third kappa shape index (κ3) is 3.91. The largest absolute Gasteiger partial charge is 0.395 e. The summed E-state index contributed by atoms with van der Waals surface area (Å²) in [5, 5.41) is 18.5. The molecule has 6 heteroatoms. The van der Waals surface area contributed by atoms with Crippen LogP contribution in [0.5, 0.6) is 0 Å². The molecule has 0 bridgehead atoms. The molecule has 2 N–H and O–H groups in total. The fourth-order valence-electron chi connectivity index (χ4n) is 4.41. The second kappa shape index (κ2) is 8.16. The maximum absolute atomic E-state index is 9.79. The van der Waals surface area contributed by atoms with E-state index in [1.807, 2.05) is 26.4 Å². The molecule has 1 aromatic heterocycles. The summed E-state index contributed by atoms with van der Waals surface area (Å²) >= 11 is 1.76. The molecule has 1 saturated carbocycles. The minimum Gasteiger partial charge on any atom is -0.395 e. The van der Waals surface area contributed by atoms with E-state index >= 15 is 0 Å². The lowest BCUT2D eigenvalue weighted by molar-refractivity contribution is 0.258. The Bertz CT molecular complexity index is 967. The van der Waals surface area contributed by atoms with Gasteiger partial charge in [-0.15, -0.1) is 0 Å². The number of hydrogen-bond acceptors (Lipinski definition) is 5. The lowest BCUT2D eigenvalue weighted by Crippen LogP contribution is -2.44. The highest BCUT2D eigenvalue weighted by atomic mass is 32.2. The van der Waals surface area contributed by atoms with Gasteiger partial charge in [0, 0.05) is 48.5 Å². The van der Waals surface area contributed by atoms with Crippen LogP contribution in [0.3, 0.4) is 0 Å². The Kier molecular flexibility index (Phi) is 5.73. The van der Waals surface area contributed by atoms with Crippen molar-refractivity contribution in [1.29, 1.82) is 5.41 Å². The molecule has 0 amide bonds. The van der Waals surface area contributed by atoms with Crippen LogP contribution in [0, 0.1) is 12.3 Å². The van der Waals surface area contributed by atoms with E-state index in [9.17, 15) is 5.11 Å². The molecule has 1 aromatic carbocycles. The summed E-state index contributed by atoms with van der Waals surface area (Å²) in [5.74, 6) is 2.44. The number of aromatic nitrogens is 1. The number of pyridine rings is 1. The van der Waals surface area contributed by atoms with Crippen LogP contribution >= 0.6 is 11.8 Å². The summed E-state index contributed by atoms with van der Waals surface area (Å²) in [6, 6.07) is 10.9. The number of nitrogens with zero attached hydrogens (tertiary/aromatic N) is 3. The van der Waals surface area contributed by atoms with Crippen LogP contribution in [0.25, 0.3) is 11.1 Å². The van der Waals surface area contributed by atoms with Crippen LogP contribution in [-0.2, 0) is 5.41 Å². The molecule has 4 rings (SSSR count). The van der Waals surface area contributed by atoms with E-state index in [1.54, 1.807) is 11.8 Å². The number of aliphatic imine (C=N–C) groups is 1. The highest BCUT2D eigenvalue weighted by molar-refractivity contribution is 8.00. The van der Waals surface area contributed by atoms with E-state index in [0.717, 1.165) is 42.1 Å². The quantitative estimate of drug-likeness (QED) is 0.570. The van der Waals surface area contributed by atoms with Gasteiger partial charge < -0.3 is 10.0 Å². The number of aryl methyl sites for hydroxylation is 1. The number of aliphatic hydroxyl groups is 1. The minimum absolute atomic E-state index is 0.0902. The lowest BCUT2D eigenvalue weighted by Gasteiger charge is -2.31. The van der Waals surface area contributed by atoms with Crippen LogP contribution in [0.4, 0.5) is 0 Å². The van der Waals surface area contributed by atoms with Gasteiger partial charge >= 0.3 is 0 Å². The van der Waals surface area contributed by atoms with E-state index in [-0.39, 0.29) is 16.8 Å². The van der Waals surface area contributed by atoms with Crippen LogP contribution < -0.4 is 0 Å². The first-order chi connectivity index (χ1) is 14.4. The molecule has 1 atom stereocenters. The van der Waals surface area contributed by atoms with Crippen molar-refractivity contribution in [2.24, 2.45) is 4.99 Å². The molecule has 0 spiro atoms. The Labute approximate surface area is 183 Å². The fraction of sp³-hybridized carbons (Fsp3) is 0.458. The minimum atomic E-state index is -0.287. The first kappa shape index (κ1) is 21.1. The van der Waals surface area contributed by atoms with Crippen molar-refractivity contribution in [3.05, 3.63) is 53.9 Å². The van der Waals surface area contributed by atoms with Crippen molar-refractivity contribution in [2.75, 3.05) is 26.0 Å². The van der Waals surface area contributed by atoms with Crippen molar-refractivity contribution in [3.8, 4) is 11.1 Å². The SMILES string of the molecule is CN=C(N1CCSC(C)(CO)CC1=N)C1(c2ccc(-c3cncc(C)c3)cc2)CC1. The van der Waals surface area contributed by atoms with Crippen LogP contribution in [-0.4, -0.2) is 57.4 Å². The third-order valence-electron chi connectivity index (χ3n) is 6.26. The van der Waals surface area contributed by atoms with Gasteiger partial charge in [0.1, 0.15) is 11.7 Å². The van der Waals surface area contributed by atoms with E-state index < -0.39 is 0 Å². The molecular weight excluding hydrogens is 392 g/mol. The van der Waals surface area contributed by atoms with E-state index in [0.29, 0.717) is 12.3 Å². The molecule has 30 heavy (non-hydrogen) atoms. The topological polar surface area (TPSA) is 72.6 Å². The maximum Gasteiger partial charge on any atom is 0.115 e. The molecule has 0 radical (unpaired) electrons. The Balaban J connectivity index is 1.60. The predicted octanol–water partition coefficient (Wildman–Crippen LogP) is 4.28. The Hall–Kier alpha value is -2.18. The summed E-state index contributed by atoms with van der Waals surface area (Å²) in [5.41, 5.74) is 4.61. The molecule has 2 aliphatic rings. The van der Waals surface area contributed by atoms with Gasteiger partial charge in [-0.3, -0.25) is 15.4 Å². The first-order valence-electron chi connectivity index (χ1n) is 10.5. The Morgan fingerprint density at radius 3 is 2.57 bits per heavy atom. The lowest BCUT2D eigenvalue weighted by atomic mass is 9.91. The number of amidine groups is 2. The van der Waals surface area contributed by atoms with E-state index in [2.05, 4.69) is 47.1 Å². The monoisotopic (exact) mass is 422 g/mol. The summed E-state index contributed by atoms with van der Waals surface area (Å²) in [6.45, 7) is 4.96. The number of rotatable bonds is 4. The average Bonchev–Trinajstić information content (AvgIpc) is 3.56. The van der Waals surface area contributed by atoms with Crippen LogP contribution in [0.2, 0.25) is 0 Å². The van der Waals surface area contributed by atoms with Gasteiger partial charge in [-0.25, -0.2) is 0 Å². The van der Waals surface area contributed by atoms with Gasteiger partial charge in [-0.1, -0.05) is 24.3 Å². The zero-order valence-electron chi connectivity index (χ0n) is 18.0. The van der Waals surface area contributed by atoms with Gasteiger partial charge in [-0.05, 0) is 49.4 Å². The fourth-order valence-corrected chi connectivity index (χ4v) is 5.50. The van der Waals surface area contributed by atoms with Gasteiger partial charge in [0.15, 0.2) is 0 Å². The second-order valence-corrected chi connectivity index (χ2v) is 10.4. The standard InChI is InChI=1S/C24H30N4OS/c1-17-12-19(15-27-14-17)18-4-6-20(7-5-18)24(8-9-24)22(26-3)28-10-11-30-23(2,16-29)13-21(28)25/h4-7,12,14-15,25,29H,8-11,13,16H2,1-3H3. The zero-order valence-corrected chi connectivity index (χ0v) is 18.8. The first-order valence-corrected chi connectivity index (χ1v) is 11.5. The molecule has 1 aliphatic carbocycles. The smallest absolute Gasteiger partial charge is 0.115 e. The Morgan fingerprint density at radius 1 is 1.23 bits per heavy atom. The highest BCUT2D eigenvalue weighted by Crippen LogP contribution is 2.51. The Morgan fingerprint density at radius 2 is 1.97 bits per heavy atom. The molecular formula is C24H30N4OS. The van der Waals surface area contributed by atoms with Crippen molar-refractivity contribution in [2.45, 2.75) is 43.3 Å². The molecule has 1 aliphatic heterocycles. The van der Waals surface area contributed by atoms with Gasteiger partial charge in [0.05, 0.1) is 12.0 Å². The molecule has 2 aromatic rings.